The van der Waals surface area contributed by atoms with Gasteiger partial charge in [0, 0.05) is 5.56 Å². The average Bonchev–Trinajstić information content (AvgIpc) is 3.29. The molecule has 0 radical (unpaired) electrons. The maximum absolute atomic E-state index is 6.81. The Kier molecular flexibility index (Phi) is 4.04. The van der Waals surface area contributed by atoms with Crippen LogP contribution in [0.5, 0.6) is 5.75 Å². The van der Waals surface area contributed by atoms with Crippen LogP contribution >= 0.6 is 11.3 Å². The van der Waals surface area contributed by atoms with E-state index in [1.165, 1.54) is 0 Å². The second-order valence-electron chi connectivity index (χ2n) is 6.49. The Hall–Kier alpha value is -2.88. The number of hydrogen-bond donors (Lipinski definition) is 0. The highest BCUT2D eigenvalue weighted by atomic mass is 32.1. The third kappa shape index (κ3) is 2.67. The highest BCUT2D eigenvalue weighted by molar-refractivity contribution is 7.10. The minimum atomic E-state index is -0.730. The van der Waals surface area contributed by atoms with Crippen LogP contribution < -0.4 is 4.74 Å². The normalized spacial score (nSPS) is 17.7. The molecular formula is C24H18O2S. The molecule has 0 bridgehead atoms. The van der Waals surface area contributed by atoms with Crippen molar-refractivity contribution in [3.8, 4) is 5.75 Å². The van der Waals surface area contributed by atoms with Crippen LogP contribution in [0.4, 0.5) is 0 Å². The summed E-state index contributed by atoms with van der Waals surface area (Å²) >= 11 is 1.65. The topological polar surface area (TPSA) is 18.5 Å². The molecule has 0 saturated carbocycles. The van der Waals surface area contributed by atoms with Crippen LogP contribution in [-0.4, -0.2) is 0 Å². The van der Waals surface area contributed by atoms with Gasteiger partial charge < -0.3 is 9.47 Å². The minimum absolute atomic E-state index is 0.458. The summed E-state index contributed by atoms with van der Waals surface area (Å²) in [5, 5.41) is 2.05. The van der Waals surface area contributed by atoms with Crippen molar-refractivity contribution in [2.24, 2.45) is 0 Å². The van der Waals surface area contributed by atoms with Crippen LogP contribution in [-0.2, 0) is 10.3 Å². The Labute approximate surface area is 162 Å². The Bertz CT molecular complexity index is 987. The summed E-state index contributed by atoms with van der Waals surface area (Å²) in [6.45, 7) is 0. The second kappa shape index (κ2) is 6.69. The van der Waals surface area contributed by atoms with Gasteiger partial charge in [-0.2, -0.15) is 0 Å². The van der Waals surface area contributed by atoms with Crippen LogP contribution in [0.1, 0.15) is 27.9 Å². The van der Waals surface area contributed by atoms with E-state index in [1.807, 2.05) is 36.4 Å². The lowest BCUT2D eigenvalue weighted by Gasteiger charge is -2.43. The lowest BCUT2D eigenvalue weighted by molar-refractivity contribution is -0.165. The molecule has 5 rings (SSSR count). The average molecular weight is 370 g/mol. The first kappa shape index (κ1) is 16.3. The van der Waals surface area contributed by atoms with E-state index in [0.717, 1.165) is 27.3 Å². The molecule has 3 aromatic carbocycles. The van der Waals surface area contributed by atoms with Gasteiger partial charge in [-0.25, -0.2) is 0 Å². The molecule has 132 valence electrons. The summed E-state index contributed by atoms with van der Waals surface area (Å²) in [6.07, 6.45) is -0.458. The van der Waals surface area contributed by atoms with E-state index in [2.05, 4.69) is 66.0 Å². The standard InChI is InChI=1S/C24H18O2S/c1-3-10-18(11-4-1)24(19-12-5-2-6-13-19)20-14-7-8-15-21(20)25-23(26-24)22-16-9-17-27-22/h1-17,23H/t23-/m1/s1. The first-order valence-electron chi connectivity index (χ1n) is 8.96. The molecular weight excluding hydrogens is 352 g/mol. The quantitative estimate of drug-likeness (QED) is 0.431. The maximum atomic E-state index is 6.81. The van der Waals surface area contributed by atoms with E-state index >= 15 is 0 Å². The largest absolute Gasteiger partial charge is 0.459 e. The number of rotatable bonds is 3. The molecule has 1 aliphatic rings. The van der Waals surface area contributed by atoms with Gasteiger partial charge in [-0.1, -0.05) is 84.9 Å². The van der Waals surface area contributed by atoms with Crippen molar-refractivity contribution in [3.63, 3.8) is 0 Å². The molecule has 27 heavy (non-hydrogen) atoms. The summed E-state index contributed by atoms with van der Waals surface area (Å²) in [4.78, 5) is 1.06. The number of benzene rings is 3. The van der Waals surface area contributed by atoms with Crippen LogP contribution in [0.3, 0.4) is 0 Å². The van der Waals surface area contributed by atoms with Crippen molar-refractivity contribution in [2.45, 2.75) is 11.9 Å². The predicted molar refractivity (Wildman–Crippen MR) is 108 cm³/mol. The number of fused-ring (bicyclic) bond motifs is 1. The zero-order valence-electron chi connectivity index (χ0n) is 14.6. The molecule has 1 aliphatic heterocycles. The molecule has 0 fully saturated rings. The van der Waals surface area contributed by atoms with Gasteiger partial charge in [-0.15, -0.1) is 11.3 Å². The van der Waals surface area contributed by atoms with Crippen molar-refractivity contribution in [2.75, 3.05) is 0 Å². The Morgan fingerprint density at radius 1 is 0.667 bits per heavy atom. The smallest absolute Gasteiger partial charge is 0.237 e. The maximum Gasteiger partial charge on any atom is 0.237 e. The van der Waals surface area contributed by atoms with Crippen LogP contribution in [0.15, 0.2) is 102 Å². The molecule has 0 amide bonds. The molecule has 0 unspecified atom stereocenters. The van der Waals surface area contributed by atoms with Crippen molar-refractivity contribution in [3.05, 3.63) is 124 Å². The zero-order valence-corrected chi connectivity index (χ0v) is 15.4. The molecule has 0 N–H and O–H groups in total. The lowest BCUT2D eigenvalue weighted by Crippen LogP contribution is -2.39. The Morgan fingerprint density at radius 3 is 1.93 bits per heavy atom. The van der Waals surface area contributed by atoms with E-state index in [4.69, 9.17) is 9.47 Å². The SMILES string of the molecule is c1ccc(C2(c3ccccc3)O[C@H](c3cccs3)Oc3ccccc32)cc1. The third-order valence-corrected chi connectivity index (χ3v) is 5.81. The highest BCUT2D eigenvalue weighted by Crippen LogP contribution is 2.51. The van der Waals surface area contributed by atoms with Gasteiger partial charge in [0.05, 0.1) is 4.88 Å². The van der Waals surface area contributed by atoms with Crippen LogP contribution in [0.25, 0.3) is 0 Å². The lowest BCUT2D eigenvalue weighted by atomic mass is 9.79. The molecule has 4 aromatic rings. The second-order valence-corrected chi connectivity index (χ2v) is 7.47. The molecule has 3 heteroatoms. The molecule has 0 saturated heterocycles. The zero-order chi connectivity index (χ0) is 18.1. The first-order chi connectivity index (χ1) is 13.4. The third-order valence-electron chi connectivity index (χ3n) is 4.92. The van der Waals surface area contributed by atoms with Gasteiger partial charge in [0.2, 0.25) is 6.29 Å². The first-order valence-corrected chi connectivity index (χ1v) is 9.84. The minimum Gasteiger partial charge on any atom is -0.459 e. The monoisotopic (exact) mass is 370 g/mol. The van der Waals surface area contributed by atoms with E-state index in [1.54, 1.807) is 11.3 Å². The van der Waals surface area contributed by atoms with Crippen LogP contribution in [0, 0.1) is 0 Å². The van der Waals surface area contributed by atoms with E-state index in [-0.39, 0.29) is 0 Å². The molecule has 1 atom stereocenters. The van der Waals surface area contributed by atoms with E-state index in [0.29, 0.717) is 0 Å². The van der Waals surface area contributed by atoms with Crippen molar-refractivity contribution < 1.29 is 9.47 Å². The van der Waals surface area contributed by atoms with Gasteiger partial charge in [-0.05, 0) is 28.6 Å². The molecule has 1 aromatic heterocycles. The van der Waals surface area contributed by atoms with Crippen molar-refractivity contribution in [1.29, 1.82) is 0 Å². The highest BCUT2D eigenvalue weighted by Gasteiger charge is 2.46. The fraction of sp³-hybridized carbons (Fsp3) is 0.0833. The predicted octanol–water partition coefficient (Wildman–Crippen LogP) is 6.15. The number of para-hydroxylation sites is 1. The van der Waals surface area contributed by atoms with Crippen LogP contribution in [0.2, 0.25) is 0 Å². The number of hydrogen-bond acceptors (Lipinski definition) is 3. The van der Waals surface area contributed by atoms with Gasteiger partial charge in [0.1, 0.15) is 5.75 Å². The summed E-state index contributed by atoms with van der Waals surface area (Å²) in [5.41, 5.74) is 2.48. The van der Waals surface area contributed by atoms with Crippen molar-refractivity contribution in [1.82, 2.24) is 0 Å². The summed E-state index contributed by atoms with van der Waals surface area (Å²) in [6, 6.07) is 33.1. The Morgan fingerprint density at radius 2 is 1.30 bits per heavy atom. The molecule has 0 aliphatic carbocycles. The summed E-state index contributed by atoms with van der Waals surface area (Å²) in [7, 11) is 0. The summed E-state index contributed by atoms with van der Waals surface area (Å²) < 4.78 is 13.1. The fourth-order valence-corrected chi connectivity index (χ4v) is 4.40. The number of ether oxygens (including phenoxy) is 2. The molecule has 2 heterocycles. The van der Waals surface area contributed by atoms with Gasteiger partial charge in [0.15, 0.2) is 5.60 Å². The van der Waals surface area contributed by atoms with Crippen molar-refractivity contribution >= 4 is 11.3 Å². The van der Waals surface area contributed by atoms with E-state index < -0.39 is 11.9 Å². The molecule has 2 nitrogen and oxygen atoms in total. The molecule has 0 spiro atoms. The summed E-state index contributed by atoms with van der Waals surface area (Å²) in [5.74, 6) is 0.856. The number of thiophene rings is 1. The fourth-order valence-electron chi connectivity index (χ4n) is 3.72. The van der Waals surface area contributed by atoms with Gasteiger partial charge in [-0.3, -0.25) is 0 Å². The Balaban J connectivity index is 1.80. The van der Waals surface area contributed by atoms with Gasteiger partial charge in [0.25, 0.3) is 0 Å². The van der Waals surface area contributed by atoms with E-state index in [9.17, 15) is 0 Å². The van der Waals surface area contributed by atoms with Gasteiger partial charge >= 0.3 is 0 Å².